The van der Waals surface area contributed by atoms with Crippen LogP contribution in [0.15, 0.2) is 46.2 Å². The Hall–Kier alpha value is -1.92. The molecule has 0 bridgehead atoms. The topological polar surface area (TPSA) is 62.1 Å². The zero-order chi connectivity index (χ0) is 15.5. The molecule has 2 aromatic heterocycles. The van der Waals surface area contributed by atoms with Crippen LogP contribution >= 0.6 is 23.4 Å². The molecule has 2 heterocycles. The monoisotopic (exact) mass is 335 g/mol. The van der Waals surface area contributed by atoms with Crippen LogP contribution in [0.4, 0.5) is 0 Å². The van der Waals surface area contributed by atoms with Crippen molar-refractivity contribution in [2.24, 2.45) is 0 Å². The molecule has 114 valence electrons. The molecule has 0 aliphatic carbocycles. The lowest BCUT2D eigenvalue weighted by Gasteiger charge is -2.14. The summed E-state index contributed by atoms with van der Waals surface area (Å²) in [6.07, 6.45) is 1.60. The molecule has 0 unspecified atom stereocenters. The second kappa shape index (κ2) is 6.46. The molecule has 1 aromatic carbocycles. The van der Waals surface area contributed by atoms with Crippen molar-refractivity contribution < 1.29 is 9.21 Å². The first-order chi connectivity index (χ1) is 10.6. The Bertz CT molecular complexity index is 785. The SMILES string of the molecule is CN(Cc1ccco1)C(=O)CSc1nc2ccc(Cl)cc2[nH]1. The van der Waals surface area contributed by atoms with Gasteiger partial charge in [0.1, 0.15) is 5.76 Å². The number of fused-ring (bicyclic) bond motifs is 1. The van der Waals surface area contributed by atoms with Crippen LogP contribution < -0.4 is 0 Å². The first kappa shape index (κ1) is 15.0. The molecule has 0 saturated heterocycles. The molecule has 0 radical (unpaired) electrons. The van der Waals surface area contributed by atoms with Gasteiger partial charge in [0.25, 0.3) is 0 Å². The highest BCUT2D eigenvalue weighted by atomic mass is 35.5. The summed E-state index contributed by atoms with van der Waals surface area (Å²) in [4.78, 5) is 21.3. The van der Waals surface area contributed by atoms with Crippen molar-refractivity contribution in [1.82, 2.24) is 14.9 Å². The summed E-state index contributed by atoms with van der Waals surface area (Å²) < 4.78 is 5.24. The number of thioether (sulfide) groups is 1. The maximum atomic E-state index is 12.1. The molecule has 0 spiro atoms. The molecule has 7 heteroatoms. The zero-order valence-electron chi connectivity index (χ0n) is 11.9. The lowest BCUT2D eigenvalue weighted by Crippen LogP contribution is -2.27. The minimum atomic E-state index is 0.0138. The van der Waals surface area contributed by atoms with Gasteiger partial charge in [0.15, 0.2) is 5.16 Å². The first-order valence-corrected chi connectivity index (χ1v) is 8.02. The summed E-state index contributed by atoms with van der Waals surface area (Å²) in [5.74, 6) is 1.09. The highest BCUT2D eigenvalue weighted by Gasteiger charge is 2.12. The Balaban J connectivity index is 1.59. The standard InChI is InChI=1S/C15H14ClN3O2S/c1-19(8-11-3-2-6-21-11)14(20)9-22-15-17-12-5-4-10(16)7-13(12)18-15/h2-7H,8-9H2,1H3,(H,17,18). The predicted octanol–water partition coefficient (Wildman–Crippen LogP) is 3.56. The predicted molar refractivity (Wildman–Crippen MR) is 87.0 cm³/mol. The van der Waals surface area contributed by atoms with Crippen molar-refractivity contribution >= 4 is 40.3 Å². The van der Waals surface area contributed by atoms with E-state index in [2.05, 4.69) is 9.97 Å². The van der Waals surface area contributed by atoms with Gasteiger partial charge in [-0.25, -0.2) is 4.98 Å². The maximum Gasteiger partial charge on any atom is 0.233 e. The largest absolute Gasteiger partial charge is 0.467 e. The smallest absolute Gasteiger partial charge is 0.233 e. The van der Waals surface area contributed by atoms with Gasteiger partial charge in [0, 0.05) is 12.1 Å². The van der Waals surface area contributed by atoms with Gasteiger partial charge >= 0.3 is 0 Å². The van der Waals surface area contributed by atoms with E-state index in [0.29, 0.717) is 22.5 Å². The highest BCUT2D eigenvalue weighted by Crippen LogP contribution is 2.22. The number of amides is 1. The quantitative estimate of drug-likeness (QED) is 0.724. The molecule has 0 saturated carbocycles. The van der Waals surface area contributed by atoms with Crippen LogP contribution in [0.1, 0.15) is 5.76 Å². The molecular weight excluding hydrogens is 322 g/mol. The lowest BCUT2D eigenvalue weighted by molar-refractivity contribution is -0.127. The van der Waals surface area contributed by atoms with E-state index in [0.717, 1.165) is 16.8 Å². The van der Waals surface area contributed by atoms with E-state index in [-0.39, 0.29) is 5.91 Å². The van der Waals surface area contributed by atoms with E-state index in [1.54, 1.807) is 24.3 Å². The van der Waals surface area contributed by atoms with Gasteiger partial charge in [-0.1, -0.05) is 23.4 Å². The minimum absolute atomic E-state index is 0.0138. The number of carbonyl (C=O) groups excluding carboxylic acids is 1. The maximum absolute atomic E-state index is 12.1. The fourth-order valence-electron chi connectivity index (χ4n) is 1.99. The zero-order valence-corrected chi connectivity index (χ0v) is 13.4. The van der Waals surface area contributed by atoms with Crippen LogP contribution in [0.3, 0.4) is 0 Å². The van der Waals surface area contributed by atoms with Crippen LogP contribution in [0.2, 0.25) is 5.02 Å². The van der Waals surface area contributed by atoms with E-state index < -0.39 is 0 Å². The number of rotatable bonds is 5. The number of imidazole rings is 1. The number of furan rings is 1. The summed E-state index contributed by atoms with van der Waals surface area (Å²) in [7, 11) is 1.75. The van der Waals surface area contributed by atoms with Crippen LogP contribution in [-0.4, -0.2) is 33.6 Å². The summed E-state index contributed by atoms with van der Waals surface area (Å²) in [6, 6.07) is 9.12. The van der Waals surface area contributed by atoms with Gasteiger partial charge < -0.3 is 14.3 Å². The molecule has 3 rings (SSSR count). The Labute approximate surface area is 136 Å². The third-order valence-corrected chi connectivity index (χ3v) is 4.25. The van der Waals surface area contributed by atoms with Crippen LogP contribution in [0.5, 0.6) is 0 Å². The summed E-state index contributed by atoms with van der Waals surface area (Å²) in [6.45, 7) is 0.460. The fourth-order valence-corrected chi connectivity index (χ4v) is 2.99. The first-order valence-electron chi connectivity index (χ1n) is 6.66. The number of benzene rings is 1. The van der Waals surface area contributed by atoms with Gasteiger partial charge in [0.05, 0.1) is 29.6 Å². The Morgan fingerprint density at radius 3 is 3.09 bits per heavy atom. The molecule has 0 fully saturated rings. The number of nitrogens with one attached hydrogen (secondary N) is 1. The van der Waals surface area contributed by atoms with E-state index in [9.17, 15) is 4.79 Å². The molecule has 1 N–H and O–H groups in total. The number of aromatic nitrogens is 2. The second-order valence-corrected chi connectivity index (χ2v) is 6.22. The molecule has 3 aromatic rings. The number of carbonyl (C=O) groups is 1. The number of H-pyrrole nitrogens is 1. The number of halogens is 1. The lowest BCUT2D eigenvalue weighted by atomic mass is 10.3. The van der Waals surface area contributed by atoms with Crippen molar-refractivity contribution in [3.8, 4) is 0 Å². The molecule has 22 heavy (non-hydrogen) atoms. The Morgan fingerprint density at radius 2 is 2.32 bits per heavy atom. The molecular formula is C15H14ClN3O2S. The molecule has 5 nitrogen and oxygen atoms in total. The van der Waals surface area contributed by atoms with Crippen molar-refractivity contribution in [3.63, 3.8) is 0 Å². The van der Waals surface area contributed by atoms with E-state index in [1.165, 1.54) is 11.8 Å². The van der Waals surface area contributed by atoms with Crippen LogP contribution in [-0.2, 0) is 11.3 Å². The third-order valence-electron chi connectivity index (χ3n) is 3.15. The average molecular weight is 336 g/mol. The van der Waals surface area contributed by atoms with E-state index in [4.69, 9.17) is 16.0 Å². The normalized spacial score (nSPS) is 11.0. The van der Waals surface area contributed by atoms with Gasteiger partial charge in [-0.05, 0) is 30.3 Å². The highest BCUT2D eigenvalue weighted by molar-refractivity contribution is 7.99. The molecule has 1 amide bonds. The molecule has 0 aliphatic rings. The number of aromatic amines is 1. The van der Waals surface area contributed by atoms with Crippen molar-refractivity contribution in [1.29, 1.82) is 0 Å². The molecule has 0 aliphatic heterocycles. The van der Waals surface area contributed by atoms with Gasteiger partial charge in [-0.2, -0.15) is 0 Å². The summed E-state index contributed by atoms with van der Waals surface area (Å²) in [5, 5.41) is 1.36. The Kier molecular flexibility index (Phi) is 4.40. The average Bonchev–Trinajstić information content (AvgIpc) is 3.13. The number of hydrogen-bond donors (Lipinski definition) is 1. The van der Waals surface area contributed by atoms with Crippen molar-refractivity contribution in [2.45, 2.75) is 11.7 Å². The van der Waals surface area contributed by atoms with E-state index >= 15 is 0 Å². The van der Waals surface area contributed by atoms with Gasteiger partial charge in [-0.3, -0.25) is 4.79 Å². The third kappa shape index (κ3) is 3.45. The van der Waals surface area contributed by atoms with Gasteiger partial charge in [-0.15, -0.1) is 0 Å². The van der Waals surface area contributed by atoms with Gasteiger partial charge in [0.2, 0.25) is 5.91 Å². The summed E-state index contributed by atoms with van der Waals surface area (Å²) in [5.41, 5.74) is 1.70. The van der Waals surface area contributed by atoms with Crippen LogP contribution in [0, 0.1) is 0 Å². The number of hydrogen-bond acceptors (Lipinski definition) is 4. The second-order valence-electron chi connectivity index (χ2n) is 4.82. The summed E-state index contributed by atoms with van der Waals surface area (Å²) >= 11 is 7.31. The minimum Gasteiger partial charge on any atom is -0.467 e. The fraction of sp³-hybridized carbons (Fsp3) is 0.200. The van der Waals surface area contributed by atoms with Crippen LogP contribution in [0.25, 0.3) is 11.0 Å². The Morgan fingerprint density at radius 1 is 1.45 bits per heavy atom. The van der Waals surface area contributed by atoms with E-state index in [1.807, 2.05) is 24.3 Å². The van der Waals surface area contributed by atoms with Crippen molar-refractivity contribution in [2.75, 3.05) is 12.8 Å². The van der Waals surface area contributed by atoms with Crippen molar-refractivity contribution in [3.05, 3.63) is 47.4 Å². The molecule has 0 atom stereocenters. The number of nitrogens with zero attached hydrogens (tertiary/aromatic N) is 2.